The summed E-state index contributed by atoms with van der Waals surface area (Å²) >= 11 is 0. The lowest BCUT2D eigenvalue weighted by Gasteiger charge is -2.25. The van der Waals surface area contributed by atoms with E-state index in [0.717, 1.165) is 16.0 Å². The summed E-state index contributed by atoms with van der Waals surface area (Å²) < 4.78 is 26.8. The standard InChI is InChI=1S/C26H29F2N5O3/c1-26(27,28)25(36)33-16-21-22(17-33)30-31-23(21)24(35)29-12-20(34)15-32(13-18-8-4-2-5-9-18)14-19-10-6-3-7-11-19/h2-11,20,34H,12-17H2,1H3,(H,29,35)(H,30,31). The van der Waals surface area contributed by atoms with Crippen LogP contribution in [0.4, 0.5) is 8.78 Å². The molecular weight excluding hydrogens is 468 g/mol. The van der Waals surface area contributed by atoms with E-state index in [1.54, 1.807) is 0 Å². The molecule has 0 radical (unpaired) electrons. The number of nitrogens with one attached hydrogen (secondary N) is 2. The van der Waals surface area contributed by atoms with Crippen molar-refractivity contribution in [1.29, 1.82) is 0 Å². The fourth-order valence-electron chi connectivity index (χ4n) is 4.27. The van der Waals surface area contributed by atoms with Gasteiger partial charge in [0.1, 0.15) is 0 Å². The Labute approximate surface area is 207 Å². The van der Waals surface area contributed by atoms with Crippen LogP contribution in [0.2, 0.25) is 0 Å². The number of hydrogen-bond acceptors (Lipinski definition) is 5. The Bertz CT molecular complexity index is 1140. The van der Waals surface area contributed by atoms with Crippen LogP contribution in [-0.2, 0) is 31.0 Å². The number of carbonyl (C=O) groups excluding carboxylic acids is 2. The summed E-state index contributed by atoms with van der Waals surface area (Å²) in [5.41, 5.74) is 3.11. The minimum Gasteiger partial charge on any atom is -0.390 e. The van der Waals surface area contributed by atoms with Gasteiger partial charge in [-0.15, -0.1) is 0 Å². The Morgan fingerprint density at radius 3 is 2.22 bits per heavy atom. The predicted molar refractivity (Wildman–Crippen MR) is 129 cm³/mol. The number of aliphatic hydroxyl groups is 1. The molecule has 0 fully saturated rings. The first-order valence-corrected chi connectivity index (χ1v) is 11.7. The highest BCUT2D eigenvalue weighted by atomic mass is 19.3. The molecule has 1 aliphatic heterocycles. The molecule has 1 unspecified atom stereocenters. The maximum absolute atomic E-state index is 13.4. The number of H-pyrrole nitrogens is 1. The Morgan fingerprint density at radius 1 is 1.08 bits per heavy atom. The van der Waals surface area contributed by atoms with E-state index in [2.05, 4.69) is 20.4 Å². The van der Waals surface area contributed by atoms with Crippen LogP contribution in [0.5, 0.6) is 0 Å². The Balaban J connectivity index is 1.35. The summed E-state index contributed by atoms with van der Waals surface area (Å²) in [6.07, 6.45) is -0.856. The predicted octanol–water partition coefficient (Wildman–Crippen LogP) is 2.70. The molecule has 0 saturated heterocycles. The highest BCUT2D eigenvalue weighted by Gasteiger charge is 2.40. The van der Waals surface area contributed by atoms with Gasteiger partial charge in [-0.05, 0) is 11.1 Å². The maximum atomic E-state index is 13.4. The lowest BCUT2D eigenvalue weighted by Crippen LogP contribution is -2.40. The second-order valence-corrected chi connectivity index (χ2v) is 9.08. The topological polar surface area (TPSA) is 102 Å². The summed E-state index contributed by atoms with van der Waals surface area (Å²) in [6, 6.07) is 19.8. The smallest absolute Gasteiger partial charge is 0.322 e. The van der Waals surface area contributed by atoms with Gasteiger partial charge in [-0.1, -0.05) is 60.7 Å². The van der Waals surface area contributed by atoms with Crippen LogP contribution in [-0.4, -0.2) is 62.0 Å². The van der Waals surface area contributed by atoms with Crippen LogP contribution in [0, 0.1) is 0 Å². The summed E-state index contributed by atoms with van der Waals surface area (Å²) in [6.45, 7) is 1.91. The van der Waals surface area contributed by atoms with Crippen LogP contribution in [0.1, 0.15) is 39.8 Å². The molecule has 0 aliphatic carbocycles. The number of aromatic amines is 1. The highest BCUT2D eigenvalue weighted by Crippen LogP contribution is 2.27. The van der Waals surface area contributed by atoms with E-state index in [1.807, 2.05) is 60.7 Å². The molecule has 1 aliphatic rings. The van der Waals surface area contributed by atoms with E-state index in [-0.39, 0.29) is 25.3 Å². The summed E-state index contributed by atoms with van der Waals surface area (Å²) in [4.78, 5) is 27.7. The number of rotatable bonds is 10. The van der Waals surface area contributed by atoms with Gasteiger partial charge in [0.15, 0.2) is 5.69 Å². The van der Waals surface area contributed by atoms with Crippen molar-refractivity contribution in [2.24, 2.45) is 0 Å². The van der Waals surface area contributed by atoms with E-state index in [1.165, 1.54) is 0 Å². The van der Waals surface area contributed by atoms with E-state index in [4.69, 9.17) is 0 Å². The number of benzene rings is 2. The zero-order chi connectivity index (χ0) is 25.7. The Morgan fingerprint density at radius 2 is 1.67 bits per heavy atom. The van der Waals surface area contributed by atoms with Gasteiger partial charge in [0, 0.05) is 38.7 Å². The second-order valence-electron chi connectivity index (χ2n) is 9.08. The number of nitrogens with zero attached hydrogens (tertiary/aromatic N) is 3. The van der Waals surface area contributed by atoms with Crippen molar-refractivity contribution < 1.29 is 23.5 Å². The zero-order valence-corrected chi connectivity index (χ0v) is 20.0. The van der Waals surface area contributed by atoms with Gasteiger partial charge in [0.05, 0.1) is 24.9 Å². The number of hydrogen-bond donors (Lipinski definition) is 3. The molecule has 4 rings (SSSR count). The number of carbonyl (C=O) groups is 2. The van der Waals surface area contributed by atoms with Crippen molar-refractivity contribution in [2.45, 2.75) is 45.1 Å². The van der Waals surface area contributed by atoms with Gasteiger partial charge in [-0.25, -0.2) is 0 Å². The largest absolute Gasteiger partial charge is 0.390 e. The first-order chi connectivity index (χ1) is 17.2. The monoisotopic (exact) mass is 497 g/mol. The average molecular weight is 498 g/mol. The van der Waals surface area contributed by atoms with Crippen LogP contribution >= 0.6 is 0 Å². The Hall–Kier alpha value is -3.63. The van der Waals surface area contributed by atoms with Gasteiger partial charge < -0.3 is 15.3 Å². The number of halogens is 2. The SMILES string of the molecule is CC(F)(F)C(=O)N1Cc2[nH]nc(C(=O)NCC(O)CN(Cc3ccccc3)Cc3ccccc3)c2C1. The first-order valence-electron chi connectivity index (χ1n) is 11.7. The minimum atomic E-state index is -3.49. The fourth-order valence-corrected chi connectivity index (χ4v) is 4.27. The van der Waals surface area contributed by atoms with Crippen molar-refractivity contribution >= 4 is 11.8 Å². The van der Waals surface area contributed by atoms with Crippen molar-refractivity contribution in [1.82, 2.24) is 25.3 Å². The van der Waals surface area contributed by atoms with Gasteiger partial charge in [-0.3, -0.25) is 19.6 Å². The maximum Gasteiger partial charge on any atom is 0.322 e. The average Bonchev–Trinajstić information content (AvgIpc) is 3.44. The number of alkyl halides is 2. The summed E-state index contributed by atoms with van der Waals surface area (Å²) in [7, 11) is 0. The molecule has 1 aromatic heterocycles. The quantitative estimate of drug-likeness (QED) is 0.400. The number of amides is 2. The number of aliphatic hydroxyl groups excluding tert-OH is 1. The molecule has 2 heterocycles. The first kappa shape index (κ1) is 25.5. The van der Waals surface area contributed by atoms with Gasteiger partial charge in [-0.2, -0.15) is 13.9 Å². The third-order valence-electron chi connectivity index (χ3n) is 5.99. The number of fused-ring (bicyclic) bond motifs is 1. The molecule has 36 heavy (non-hydrogen) atoms. The normalized spacial score (nSPS) is 14.1. The molecule has 190 valence electrons. The van der Waals surface area contributed by atoms with E-state index in [9.17, 15) is 23.5 Å². The highest BCUT2D eigenvalue weighted by molar-refractivity contribution is 5.94. The van der Waals surface area contributed by atoms with E-state index in [0.29, 0.717) is 37.8 Å². The van der Waals surface area contributed by atoms with E-state index >= 15 is 0 Å². The van der Waals surface area contributed by atoms with Gasteiger partial charge in [0.25, 0.3) is 11.8 Å². The molecular formula is C26H29F2N5O3. The van der Waals surface area contributed by atoms with Crippen molar-refractivity contribution in [3.8, 4) is 0 Å². The fraction of sp³-hybridized carbons (Fsp3) is 0.346. The molecule has 3 aromatic rings. The van der Waals surface area contributed by atoms with Crippen LogP contribution in [0.3, 0.4) is 0 Å². The molecule has 0 bridgehead atoms. The number of aromatic nitrogens is 2. The molecule has 2 amide bonds. The summed E-state index contributed by atoms with van der Waals surface area (Å²) in [5.74, 6) is -5.33. The van der Waals surface area contributed by atoms with Crippen molar-refractivity contribution in [2.75, 3.05) is 13.1 Å². The van der Waals surface area contributed by atoms with Crippen LogP contribution < -0.4 is 5.32 Å². The molecule has 0 spiro atoms. The molecule has 10 heteroatoms. The lowest BCUT2D eigenvalue weighted by atomic mass is 10.1. The molecule has 3 N–H and O–H groups in total. The zero-order valence-electron chi connectivity index (χ0n) is 20.0. The van der Waals surface area contributed by atoms with Crippen LogP contribution in [0.25, 0.3) is 0 Å². The van der Waals surface area contributed by atoms with Crippen LogP contribution in [0.15, 0.2) is 60.7 Å². The third kappa shape index (κ3) is 6.32. The molecule has 0 saturated carbocycles. The van der Waals surface area contributed by atoms with Gasteiger partial charge >= 0.3 is 5.92 Å². The lowest BCUT2D eigenvalue weighted by molar-refractivity contribution is -0.155. The van der Waals surface area contributed by atoms with Crippen molar-refractivity contribution in [3.05, 3.63) is 88.7 Å². The van der Waals surface area contributed by atoms with Crippen molar-refractivity contribution in [3.63, 3.8) is 0 Å². The molecule has 1 atom stereocenters. The van der Waals surface area contributed by atoms with Gasteiger partial charge in [0.2, 0.25) is 0 Å². The molecule has 2 aromatic carbocycles. The molecule has 8 nitrogen and oxygen atoms in total. The minimum absolute atomic E-state index is 0.0176. The summed E-state index contributed by atoms with van der Waals surface area (Å²) in [5, 5.41) is 20.0. The third-order valence-corrected chi connectivity index (χ3v) is 5.99. The second kappa shape index (κ2) is 11.0. The Kier molecular flexibility index (Phi) is 7.76. The van der Waals surface area contributed by atoms with E-state index < -0.39 is 23.8 Å².